The Balaban J connectivity index is 1.85. The number of nitrogens with zero attached hydrogens (tertiary/aromatic N) is 3. The summed E-state index contributed by atoms with van der Waals surface area (Å²) in [5.41, 5.74) is 1.98. The monoisotopic (exact) mass is 307 g/mol. The predicted octanol–water partition coefficient (Wildman–Crippen LogP) is 3.22. The molecule has 0 aliphatic carbocycles. The fraction of sp³-hybridized carbons (Fsp3) is 0.263. The zero-order valence-corrected chi connectivity index (χ0v) is 13.4. The van der Waals surface area contributed by atoms with E-state index in [0.29, 0.717) is 6.42 Å². The SMILES string of the molecule is CCC(=O)C1=CN(Cc2ccccc2)CCN1c1ccccn1. The Morgan fingerprint density at radius 1 is 1.09 bits per heavy atom. The van der Waals surface area contributed by atoms with E-state index in [1.165, 1.54) is 5.56 Å². The minimum absolute atomic E-state index is 0.147. The van der Waals surface area contributed by atoms with Gasteiger partial charge in [0.2, 0.25) is 0 Å². The third-order valence-electron chi connectivity index (χ3n) is 3.97. The third-order valence-corrected chi connectivity index (χ3v) is 3.97. The summed E-state index contributed by atoms with van der Waals surface area (Å²) in [7, 11) is 0. The molecule has 0 radical (unpaired) electrons. The molecule has 0 unspecified atom stereocenters. The maximum absolute atomic E-state index is 12.4. The van der Waals surface area contributed by atoms with Crippen molar-refractivity contribution in [1.29, 1.82) is 0 Å². The molecular weight excluding hydrogens is 286 g/mol. The van der Waals surface area contributed by atoms with Gasteiger partial charge < -0.3 is 9.80 Å². The van der Waals surface area contributed by atoms with Gasteiger partial charge in [0.1, 0.15) is 11.5 Å². The second-order valence-electron chi connectivity index (χ2n) is 5.59. The first-order valence-corrected chi connectivity index (χ1v) is 7.99. The molecule has 1 aliphatic rings. The summed E-state index contributed by atoms with van der Waals surface area (Å²) in [6.45, 7) is 4.35. The Labute approximate surface area is 137 Å². The third kappa shape index (κ3) is 3.59. The molecule has 0 atom stereocenters. The molecule has 3 rings (SSSR count). The topological polar surface area (TPSA) is 36.4 Å². The van der Waals surface area contributed by atoms with Crippen molar-refractivity contribution in [1.82, 2.24) is 9.88 Å². The highest BCUT2D eigenvalue weighted by molar-refractivity contribution is 5.98. The zero-order chi connectivity index (χ0) is 16.1. The number of allylic oxidation sites excluding steroid dienone is 1. The number of carbonyl (C=O) groups excluding carboxylic acids is 1. The van der Waals surface area contributed by atoms with Crippen molar-refractivity contribution >= 4 is 11.6 Å². The number of ketones is 1. The largest absolute Gasteiger partial charge is 0.369 e. The van der Waals surface area contributed by atoms with E-state index < -0.39 is 0 Å². The number of benzene rings is 1. The molecule has 4 heteroatoms. The average Bonchev–Trinajstić information content (AvgIpc) is 2.62. The molecular formula is C19H21N3O. The van der Waals surface area contributed by atoms with Crippen LogP contribution in [0.5, 0.6) is 0 Å². The lowest BCUT2D eigenvalue weighted by Crippen LogP contribution is -2.41. The van der Waals surface area contributed by atoms with Gasteiger partial charge in [0.25, 0.3) is 0 Å². The number of Topliss-reactive ketones (excluding diaryl/α,β-unsaturated/α-hetero) is 1. The molecule has 0 saturated heterocycles. The van der Waals surface area contributed by atoms with Crippen LogP contribution in [0, 0.1) is 0 Å². The first-order chi connectivity index (χ1) is 11.3. The molecule has 4 nitrogen and oxygen atoms in total. The van der Waals surface area contributed by atoms with Crippen molar-refractivity contribution in [3.8, 4) is 0 Å². The zero-order valence-electron chi connectivity index (χ0n) is 13.4. The highest BCUT2D eigenvalue weighted by Gasteiger charge is 2.24. The highest BCUT2D eigenvalue weighted by atomic mass is 16.1. The number of hydrogen-bond donors (Lipinski definition) is 0. The van der Waals surface area contributed by atoms with Crippen molar-refractivity contribution in [3.63, 3.8) is 0 Å². The van der Waals surface area contributed by atoms with Crippen LogP contribution in [-0.2, 0) is 11.3 Å². The fourth-order valence-corrected chi connectivity index (χ4v) is 2.75. The molecule has 1 aliphatic heterocycles. The Morgan fingerprint density at radius 2 is 1.87 bits per heavy atom. The van der Waals surface area contributed by atoms with E-state index >= 15 is 0 Å². The van der Waals surface area contributed by atoms with Crippen LogP contribution >= 0.6 is 0 Å². The van der Waals surface area contributed by atoms with Crippen LogP contribution in [0.15, 0.2) is 66.6 Å². The summed E-state index contributed by atoms with van der Waals surface area (Å²) in [6, 6.07) is 16.1. The van der Waals surface area contributed by atoms with E-state index in [1.54, 1.807) is 6.20 Å². The summed E-state index contributed by atoms with van der Waals surface area (Å²) in [5, 5.41) is 0. The van der Waals surface area contributed by atoms with Crippen LogP contribution in [0.4, 0.5) is 5.82 Å². The standard InChI is InChI=1S/C19H21N3O/c1-2-18(23)17-15-21(14-16-8-4-3-5-9-16)12-13-22(17)19-10-6-7-11-20-19/h3-11,15H,2,12-14H2,1H3. The summed E-state index contributed by atoms with van der Waals surface area (Å²) >= 11 is 0. The van der Waals surface area contributed by atoms with Crippen molar-refractivity contribution in [2.45, 2.75) is 19.9 Å². The van der Waals surface area contributed by atoms with Crippen LogP contribution in [-0.4, -0.2) is 28.8 Å². The van der Waals surface area contributed by atoms with Gasteiger partial charge in [0.15, 0.2) is 5.78 Å². The summed E-state index contributed by atoms with van der Waals surface area (Å²) in [6.07, 6.45) is 4.24. The number of anilines is 1. The first kappa shape index (κ1) is 15.3. The maximum atomic E-state index is 12.4. The van der Waals surface area contributed by atoms with Crippen LogP contribution in [0.3, 0.4) is 0 Å². The van der Waals surface area contributed by atoms with Crippen LogP contribution in [0.25, 0.3) is 0 Å². The molecule has 1 aromatic carbocycles. The van der Waals surface area contributed by atoms with Crippen LogP contribution in [0.1, 0.15) is 18.9 Å². The van der Waals surface area contributed by atoms with E-state index in [-0.39, 0.29) is 5.78 Å². The second-order valence-corrected chi connectivity index (χ2v) is 5.59. The molecule has 1 aromatic heterocycles. The average molecular weight is 307 g/mol. The molecule has 0 bridgehead atoms. The fourth-order valence-electron chi connectivity index (χ4n) is 2.75. The number of pyridine rings is 1. The van der Waals surface area contributed by atoms with Crippen molar-refractivity contribution < 1.29 is 4.79 Å². The second kappa shape index (κ2) is 7.09. The Bertz CT molecular complexity index is 682. The molecule has 0 fully saturated rings. The van der Waals surface area contributed by atoms with Crippen LogP contribution < -0.4 is 4.90 Å². The van der Waals surface area contributed by atoms with E-state index in [9.17, 15) is 4.79 Å². The first-order valence-electron chi connectivity index (χ1n) is 7.99. The van der Waals surface area contributed by atoms with Gasteiger partial charge in [-0.3, -0.25) is 4.79 Å². The predicted molar refractivity (Wildman–Crippen MR) is 91.8 cm³/mol. The van der Waals surface area contributed by atoms with E-state index in [1.807, 2.05) is 54.4 Å². The number of rotatable bonds is 5. The van der Waals surface area contributed by atoms with Gasteiger partial charge in [0.05, 0.1) is 0 Å². The number of carbonyl (C=O) groups is 1. The lowest BCUT2D eigenvalue weighted by Gasteiger charge is -2.35. The van der Waals surface area contributed by atoms with Crippen molar-refractivity contribution in [2.75, 3.05) is 18.0 Å². The van der Waals surface area contributed by atoms with Gasteiger partial charge in [-0.1, -0.05) is 43.3 Å². The Morgan fingerprint density at radius 3 is 2.57 bits per heavy atom. The van der Waals surface area contributed by atoms with Gasteiger partial charge in [0, 0.05) is 38.5 Å². The van der Waals surface area contributed by atoms with Gasteiger partial charge in [-0.15, -0.1) is 0 Å². The number of hydrogen-bond acceptors (Lipinski definition) is 4. The summed E-state index contributed by atoms with van der Waals surface area (Å²) in [4.78, 5) is 21.0. The van der Waals surface area contributed by atoms with Crippen molar-refractivity contribution in [3.05, 3.63) is 72.2 Å². The Hall–Kier alpha value is -2.62. The maximum Gasteiger partial charge on any atom is 0.180 e. The van der Waals surface area contributed by atoms with Crippen molar-refractivity contribution in [2.24, 2.45) is 0 Å². The smallest absolute Gasteiger partial charge is 0.180 e. The summed E-state index contributed by atoms with van der Waals surface area (Å²) in [5.74, 6) is 0.980. The highest BCUT2D eigenvalue weighted by Crippen LogP contribution is 2.22. The van der Waals surface area contributed by atoms with Crippen LogP contribution in [0.2, 0.25) is 0 Å². The Kier molecular flexibility index (Phi) is 4.71. The lowest BCUT2D eigenvalue weighted by molar-refractivity contribution is -0.115. The van der Waals surface area contributed by atoms with Gasteiger partial charge >= 0.3 is 0 Å². The molecule has 0 amide bonds. The minimum Gasteiger partial charge on any atom is -0.369 e. The van der Waals surface area contributed by atoms with E-state index in [4.69, 9.17) is 0 Å². The van der Waals surface area contributed by atoms with E-state index in [2.05, 4.69) is 22.0 Å². The van der Waals surface area contributed by atoms with Gasteiger partial charge in [-0.2, -0.15) is 0 Å². The number of aromatic nitrogens is 1. The van der Waals surface area contributed by atoms with E-state index in [0.717, 1.165) is 31.1 Å². The van der Waals surface area contributed by atoms with Gasteiger partial charge in [-0.05, 0) is 17.7 Å². The lowest BCUT2D eigenvalue weighted by atomic mass is 10.1. The molecule has 2 aromatic rings. The normalized spacial score (nSPS) is 14.6. The van der Waals surface area contributed by atoms with Gasteiger partial charge in [-0.25, -0.2) is 4.98 Å². The molecule has 118 valence electrons. The molecule has 23 heavy (non-hydrogen) atoms. The molecule has 2 heterocycles. The quantitative estimate of drug-likeness (QED) is 0.850. The summed E-state index contributed by atoms with van der Waals surface area (Å²) < 4.78 is 0. The molecule has 0 saturated carbocycles. The molecule has 0 N–H and O–H groups in total. The molecule has 0 spiro atoms. The minimum atomic E-state index is 0.147.